The van der Waals surface area contributed by atoms with E-state index in [0.29, 0.717) is 6.04 Å². The van der Waals surface area contributed by atoms with Crippen molar-refractivity contribution in [3.63, 3.8) is 0 Å². The van der Waals surface area contributed by atoms with E-state index in [2.05, 4.69) is 25.7 Å². The van der Waals surface area contributed by atoms with E-state index in [1.807, 2.05) is 0 Å². The minimum absolute atomic E-state index is 0.694. The van der Waals surface area contributed by atoms with Crippen molar-refractivity contribution >= 4 is 0 Å². The lowest BCUT2D eigenvalue weighted by molar-refractivity contribution is 0.431. The molecule has 2 unspecified atom stereocenters. The Hall–Kier alpha value is -0.460. The van der Waals surface area contributed by atoms with Gasteiger partial charge in [-0.1, -0.05) is 32.8 Å². The van der Waals surface area contributed by atoms with Crippen LogP contribution in [0.4, 0.5) is 0 Å². The summed E-state index contributed by atoms with van der Waals surface area (Å²) in [5.41, 5.74) is 1.12. The van der Waals surface area contributed by atoms with E-state index in [9.17, 15) is 0 Å². The molecule has 0 spiro atoms. The van der Waals surface area contributed by atoms with E-state index >= 15 is 0 Å². The van der Waals surface area contributed by atoms with Gasteiger partial charge < -0.3 is 5.32 Å². The van der Waals surface area contributed by atoms with Gasteiger partial charge in [-0.25, -0.2) is 0 Å². The summed E-state index contributed by atoms with van der Waals surface area (Å²) >= 11 is 0. The molecule has 12 heavy (non-hydrogen) atoms. The van der Waals surface area contributed by atoms with Crippen molar-refractivity contribution < 1.29 is 0 Å². The molecule has 2 atom stereocenters. The van der Waals surface area contributed by atoms with Gasteiger partial charge in [0, 0.05) is 11.7 Å². The Balaban J connectivity index is 2.35. The Morgan fingerprint density at radius 3 is 2.67 bits per heavy atom. The van der Waals surface area contributed by atoms with Gasteiger partial charge in [-0.3, -0.25) is 0 Å². The van der Waals surface area contributed by atoms with Crippen LogP contribution in [0, 0.1) is 5.92 Å². The third kappa shape index (κ3) is 3.29. The smallest absolute Gasteiger partial charge is 0.0260 e. The van der Waals surface area contributed by atoms with Crippen LogP contribution in [0.3, 0.4) is 0 Å². The first-order chi connectivity index (χ1) is 5.68. The highest BCUT2D eigenvalue weighted by molar-refractivity contribution is 4.89. The predicted molar refractivity (Wildman–Crippen MR) is 54.0 cm³/mol. The zero-order valence-corrected chi connectivity index (χ0v) is 8.40. The molecule has 0 saturated heterocycles. The van der Waals surface area contributed by atoms with Crippen LogP contribution in [0.5, 0.6) is 0 Å². The summed E-state index contributed by atoms with van der Waals surface area (Å²) in [6, 6.07) is 0.694. The first-order valence-electron chi connectivity index (χ1n) is 5.10. The molecule has 0 bridgehead atoms. The summed E-state index contributed by atoms with van der Waals surface area (Å²) in [6.07, 6.45) is 6.86. The molecule has 0 heterocycles. The van der Waals surface area contributed by atoms with Crippen molar-refractivity contribution in [2.45, 2.75) is 52.0 Å². The Labute approximate surface area is 76.2 Å². The van der Waals surface area contributed by atoms with Crippen molar-refractivity contribution in [1.29, 1.82) is 0 Å². The van der Waals surface area contributed by atoms with Gasteiger partial charge in [0.1, 0.15) is 0 Å². The molecule has 0 aromatic rings. The van der Waals surface area contributed by atoms with Crippen LogP contribution in [-0.2, 0) is 0 Å². The second-order valence-corrected chi connectivity index (χ2v) is 4.25. The monoisotopic (exact) mass is 167 g/mol. The predicted octanol–water partition coefficient (Wildman–Crippen LogP) is 3.08. The zero-order valence-electron chi connectivity index (χ0n) is 8.40. The van der Waals surface area contributed by atoms with E-state index in [-0.39, 0.29) is 0 Å². The minimum atomic E-state index is 0.694. The second kappa shape index (κ2) is 4.54. The average molecular weight is 167 g/mol. The van der Waals surface area contributed by atoms with E-state index in [0.717, 1.165) is 11.6 Å². The number of hydrogen-bond acceptors (Lipinski definition) is 1. The third-order valence-electron chi connectivity index (χ3n) is 2.64. The topological polar surface area (TPSA) is 12.0 Å². The molecule has 0 aromatic carbocycles. The Bertz CT molecular complexity index is 151. The van der Waals surface area contributed by atoms with Gasteiger partial charge in [0.2, 0.25) is 0 Å². The van der Waals surface area contributed by atoms with Crippen LogP contribution in [0.1, 0.15) is 46.0 Å². The average Bonchev–Trinajstić information content (AvgIpc) is 2.12. The third-order valence-corrected chi connectivity index (χ3v) is 2.64. The highest BCUT2D eigenvalue weighted by Crippen LogP contribution is 2.22. The van der Waals surface area contributed by atoms with Crippen LogP contribution in [-0.4, -0.2) is 6.04 Å². The molecule has 1 N–H and O–H groups in total. The number of allylic oxidation sites excluding steroid dienone is 1. The van der Waals surface area contributed by atoms with E-state index < -0.39 is 0 Å². The minimum Gasteiger partial charge on any atom is -0.386 e. The fourth-order valence-electron chi connectivity index (χ4n) is 2.08. The lowest BCUT2D eigenvalue weighted by Gasteiger charge is -2.19. The molecule has 1 aliphatic rings. The fraction of sp³-hybridized carbons (Fsp3) is 0.818. The second-order valence-electron chi connectivity index (χ2n) is 4.25. The normalized spacial score (nSPS) is 30.8. The number of hydrogen-bond donors (Lipinski definition) is 1. The largest absolute Gasteiger partial charge is 0.386 e. The summed E-state index contributed by atoms with van der Waals surface area (Å²) in [6.45, 7) is 8.30. The van der Waals surface area contributed by atoms with E-state index in [4.69, 9.17) is 0 Å². The number of rotatable bonds is 2. The van der Waals surface area contributed by atoms with Crippen molar-refractivity contribution in [1.82, 2.24) is 5.32 Å². The molecule has 0 radical (unpaired) electrons. The van der Waals surface area contributed by atoms with Crippen LogP contribution in [0.15, 0.2) is 12.3 Å². The van der Waals surface area contributed by atoms with Gasteiger partial charge in [0.25, 0.3) is 0 Å². The lowest BCUT2D eigenvalue weighted by atomic mass is 10.0. The van der Waals surface area contributed by atoms with Crippen molar-refractivity contribution in [2.75, 3.05) is 0 Å². The molecule has 1 nitrogen and oxygen atoms in total. The Morgan fingerprint density at radius 1 is 1.33 bits per heavy atom. The summed E-state index contributed by atoms with van der Waals surface area (Å²) in [4.78, 5) is 0. The van der Waals surface area contributed by atoms with Gasteiger partial charge >= 0.3 is 0 Å². The lowest BCUT2D eigenvalue weighted by Crippen LogP contribution is -2.27. The van der Waals surface area contributed by atoms with Gasteiger partial charge in [-0.05, 0) is 25.7 Å². The molecule has 1 aliphatic carbocycles. The first-order valence-corrected chi connectivity index (χ1v) is 5.10. The standard InChI is InChI=1S/C11H21N/c1-9(2)12-11-7-5-4-6-10(3)8-11/h10-12H,1,4-8H2,2-3H3. The molecule has 1 saturated carbocycles. The SMILES string of the molecule is C=C(C)NC1CCCCC(C)C1. The molecule has 1 rings (SSSR count). The molecule has 0 amide bonds. The molecular formula is C11H21N. The quantitative estimate of drug-likeness (QED) is 0.623. The summed E-state index contributed by atoms with van der Waals surface area (Å²) in [7, 11) is 0. The van der Waals surface area contributed by atoms with Crippen molar-refractivity contribution in [3.05, 3.63) is 12.3 Å². The van der Waals surface area contributed by atoms with Crippen LogP contribution in [0.25, 0.3) is 0 Å². The molecule has 70 valence electrons. The number of nitrogens with one attached hydrogen (secondary N) is 1. The summed E-state index contributed by atoms with van der Waals surface area (Å²) in [5, 5.41) is 3.46. The highest BCUT2D eigenvalue weighted by atomic mass is 14.9. The summed E-state index contributed by atoms with van der Waals surface area (Å²) in [5.74, 6) is 0.893. The van der Waals surface area contributed by atoms with Gasteiger partial charge in [-0.2, -0.15) is 0 Å². The highest BCUT2D eigenvalue weighted by Gasteiger charge is 2.16. The van der Waals surface area contributed by atoms with Crippen LogP contribution < -0.4 is 5.32 Å². The van der Waals surface area contributed by atoms with E-state index in [1.165, 1.54) is 32.1 Å². The maximum Gasteiger partial charge on any atom is 0.0260 e. The van der Waals surface area contributed by atoms with Crippen LogP contribution >= 0.6 is 0 Å². The van der Waals surface area contributed by atoms with Crippen LogP contribution in [0.2, 0.25) is 0 Å². The molecular weight excluding hydrogens is 146 g/mol. The van der Waals surface area contributed by atoms with Gasteiger partial charge in [0.05, 0.1) is 0 Å². The summed E-state index contributed by atoms with van der Waals surface area (Å²) < 4.78 is 0. The molecule has 0 aromatic heterocycles. The maximum absolute atomic E-state index is 3.89. The van der Waals surface area contributed by atoms with E-state index in [1.54, 1.807) is 0 Å². The molecule has 1 heteroatoms. The van der Waals surface area contributed by atoms with Crippen molar-refractivity contribution in [3.8, 4) is 0 Å². The maximum atomic E-state index is 3.89. The fourth-order valence-corrected chi connectivity index (χ4v) is 2.08. The van der Waals surface area contributed by atoms with Gasteiger partial charge in [0.15, 0.2) is 0 Å². The Kier molecular flexibility index (Phi) is 3.64. The van der Waals surface area contributed by atoms with Gasteiger partial charge in [-0.15, -0.1) is 0 Å². The molecule has 1 fully saturated rings. The molecule has 0 aliphatic heterocycles. The van der Waals surface area contributed by atoms with Crippen molar-refractivity contribution in [2.24, 2.45) is 5.92 Å². The Morgan fingerprint density at radius 2 is 2.00 bits per heavy atom. The first kappa shape index (κ1) is 9.63. The zero-order chi connectivity index (χ0) is 8.97.